The van der Waals surface area contributed by atoms with Crippen LogP contribution in [0.25, 0.3) is 77.3 Å². The molecule has 0 unspecified atom stereocenters. The van der Waals surface area contributed by atoms with Gasteiger partial charge in [-0.2, -0.15) is 0 Å². The Labute approximate surface area is 283 Å². The van der Waals surface area contributed by atoms with Gasteiger partial charge in [-0.3, -0.25) is 0 Å². The second kappa shape index (κ2) is 10.9. The molecule has 2 heterocycles. The number of unbranched alkanes of at least 4 members (excludes halogenated alkanes) is 1. The van der Waals surface area contributed by atoms with Crippen molar-refractivity contribution in [2.45, 2.75) is 79.1 Å². The number of hydrogen-bond donors (Lipinski definition) is 0. The molecule has 6 aromatic rings. The molecule has 2 aliphatic heterocycles. The van der Waals surface area contributed by atoms with Crippen LogP contribution in [-0.4, -0.2) is 6.61 Å². The third-order valence-electron chi connectivity index (χ3n) is 10.0. The smallest absolute Gasteiger partial charge is 0.136 e. The largest absolute Gasteiger partial charge is 0.494 e. The third kappa shape index (κ3) is 4.94. The highest BCUT2D eigenvalue weighted by Crippen LogP contribution is 2.53. The third-order valence-corrected chi connectivity index (χ3v) is 10.0. The predicted octanol–water partition coefficient (Wildman–Crippen LogP) is 13.4. The summed E-state index contributed by atoms with van der Waals surface area (Å²) in [6, 6.07) is 31.1. The van der Waals surface area contributed by atoms with Crippen LogP contribution in [0.2, 0.25) is 0 Å². The van der Waals surface area contributed by atoms with Crippen LogP contribution < -0.4 is 4.74 Å². The molecule has 6 aromatic carbocycles. The van der Waals surface area contributed by atoms with Gasteiger partial charge in [0.15, 0.2) is 0 Å². The summed E-state index contributed by atoms with van der Waals surface area (Å²) in [5.74, 6) is 0.899. The van der Waals surface area contributed by atoms with Crippen molar-refractivity contribution < 1.29 is 13.6 Å². The monoisotopic (exact) mass is 632 g/mol. The summed E-state index contributed by atoms with van der Waals surface area (Å²) in [5.41, 5.74) is 14.0. The minimum atomic E-state index is -0.0675. The van der Waals surface area contributed by atoms with Gasteiger partial charge in [-0.15, -0.1) is 0 Å². The van der Waals surface area contributed by atoms with Crippen molar-refractivity contribution in [2.75, 3.05) is 6.61 Å². The van der Waals surface area contributed by atoms with Gasteiger partial charge < -0.3 is 13.6 Å². The lowest BCUT2D eigenvalue weighted by Crippen LogP contribution is -2.12. The summed E-state index contributed by atoms with van der Waals surface area (Å²) in [5, 5.41) is 4.61. The van der Waals surface area contributed by atoms with Crippen LogP contribution in [0.1, 0.15) is 78.0 Å². The molecule has 0 radical (unpaired) electrons. The molecule has 0 saturated carbocycles. The first kappa shape index (κ1) is 30.6. The fourth-order valence-electron chi connectivity index (χ4n) is 7.18. The van der Waals surface area contributed by atoms with Crippen LogP contribution in [0, 0.1) is 6.92 Å². The number of ether oxygens (including phenoxy) is 1. The molecule has 2 aliphatic rings. The summed E-state index contributed by atoms with van der Waals surface area (Å²) < 4.78 is 20.1. The Morgan fingerprint density at radius 2 is 1.02 bits per heavy atom. The Morgan fingerprint density at radius 3 is 1.46 bits per heavy atom. The van der Waals surface area contributed by atoms with Gasteiger partial charge >= 0.3 is 0 Å². The average molecular weight is 633 g/mol. The molecular formula is C45H44O3. The van der Waals surface area contributed by atoms with E-state index in [0.29, 0.717) is 0 Å². The Balaban J connectivity index is 1.50. The van der Waals surface area contributed by atoms with Crippen molar-refractivity contribution in [3.8, 4) is 39.1 Å². The van der Waals surface area contributed by atoms with Crippen molar-refractivity contribution >= 4 is 43.9 Å². The molecule has 0 spiro atoms. The van der Waals surface area contributed by atoms with Gasteiger partial charge in [0.05, 0.1) is 6.61 Å². The number of rotatable bonds is 6. The molecule has 8 rings (SSSR count). The van der Waals surface area contributed by atoms with Crippen molar-refractivity contribution in [1.29, 1.82) is 0 Å². The topological polar surface area (TPSA) is 35.5 Å². The highest BCUT2D eigenvalue weighted by molar-refractivity contribution is 6.27. The predicted molar refractivity (Wildman–Crippen MR) is 202 cm³/mol. The van der Waals surface area contributed by atoms with E-state index in [4.69, 9.17) is 13.6 Å². The number of hydrogen-bond acceptors (Lipinski definition) is 3. The normalized spacial score (nSPS) is 12.8. The molecule has 0 bridgehead atoms. The van der Waals surface area contributed by atoms with E-state index in [1.165, 1.54) is 33.0 Å². The first-order valence-electron chi connectivity index (χ1n) is 17.4. The van der Waals surface area contributed by atoms with E-state index in [2.05, 4.69) is 140 Å². The quantitative estimate of drug-likeness (QED) is 0.104. The fraction of sp³-hybridized carbons (Fsp3) is 0.289. The minimum absolute atomic E-state index is 0.0582. The summed E-state index contributed by atoms with van der Waals surface area (Å²) in [6.07, 6.45) is 2.16. The van der Waals surface area contributed by atoms with Crippen LogP contribution in [0.15, 0.2) is 93.8 Å². The Hall–Kier alpha value is -4.76. The molecular weight excluding hydrogens is 588 g/mol. The molecule has 0 amide bonds. The zero-order chi connectivity index (χ0) is 33.5. The Kier molecular flexibility index (Phi) is 6.93. The summed E-state index contributed by atoms with van der Waals surface area (Å²) >= 11 is 0. The molecule has 3 nitrogen and oxygen atoms in total. The van der Waals surface area contributed by atoms with E-state index >= 15 is 0 Å². The van der Waals surface area contributed by atoms with Crippen LogP contribution in [0.3, 0.4) is 0 Å². The molecule has 0 fully saturated rings. The standard InChI is InChI=1S/C45H44O3/c1-9-10-19-46-31-17-15-28(16-18-31)33-25-39-43-41-35(33)21-30(45(6,7)8)23-37(41)47-38-24-32(27-13-11-26(2)12-14-27)34-20-29(44(3,4)5)22-36(48-39)40(34)42(38)43/h11-18,20-25H,9-10,19H2,1-8H3. The number of benzene rings is 6. The molecule has 48 heavy (non-hydrogen) atoms. The molecule has 3 heteroatoms. The first-order valence-corrected chi connectivity index (χ1v) is 17.4. The summed E-state index contributed by atoms with van der Waals surface area (Å²) in [4.78, 5) is 0. The van der Waals surface area contributed by atoms with Crippen molar-refractivity contribution in [3.05, 3.63) is 102 Å². The van der Waals surface area contributed by atoms with Crippen LogP contribution in [0.5, 0.6) is 5.75 Å². The van der Waals surface area contributed by atoms with Gasteiger partial charge in [-0.05, 0) is 117 Å². The van der Waals surface area contributed by atoms with Crippen molar-refractivity contribution in [1.82, 2.24) is 0 Å². The zero-order valence-corrected chi connectivity index (χ0v) is 29.4. The highest BCUT2D eigenvalue weighted by Gasteiger charge is 2.30. The van der Waals surface area contributed by atoms with Gasteiger partial charge in [0.2, 0.25) is 0 Å². The maximum Gasteiger partial charge on any atom is 0.136 e. The minimum Gasteiger partial charge on any atom is -0.494 e. The summed E-state index contributed by atoms with van der Waals surface area (Å²) in [6.45, 7) is 18.7. The van der Waals surface area contributed by atoms with Gasteiger partial charge in [0.1, 0.15) is 28.1 Å². The highest BCUT2D eigenvalue weighted by atomic mass is 16.5. The van der Waals surface area contributed by atoms with E-state index in [1.807, 2.05) is 0 Å². The zero-order valence-electron chi connectivity index (χ0n) is 29.4. The number of aryl methyl sites for hydroxylation is 1. The van der Waals surface area contributed by atoms with Gasteiger partial charge in [0.25, 0.3) is 0 Å². The molecule has 0 aliphatic carbocycles. The molecule has 242 valence electrons. The van der Waals surface area contributed by atoms with Gasteiger partial charge in [-0.25, -0.2) is 0 Å². The maximum atomic E-state index is 7.05. The Morgan fingerprint density at radius 1 is 0.562 bits per heavy atom. The van der Waals surface area contributed by atoms with Crippen molar-refractivity contribution in [2.24, 2.45) is 0 Å². The molecule has 0 aromatic heterocycles. The lowest BCUT2D eigenvalue weighted by Gasteiger charge is -2.27. The fourth-order valence-corrected chi connectivity index (χ4v) is 7.18. The van der Waals surface area contributed by atoms with E-state index in [0.717, 1.165) is 86.1 Å². The molecule has 0 saturated heterocycles. The van der Waals surface area contributed by atoms with Crippen molar-refractivity contribution in [3.63, 3.8) is 0 Å². The SMILES string of the molecule is CCCCOc1ccc(-c2cc3oc4cc(C(C)(C)C)cc5c(-c6ccc(C)cc6)cc6oc7cc(C(C)(C)C)cc2c7c3-c6c45)cc1. The van der Waals surface area contributed by atoms with E-state index in [1.54, 1.807) is 0 Å². The maximum absolute atomic E-state index is 7.05. The second-order valence-electron chi connectivity index (χ2n) is 15.7. The van der Waals surface area contributed by atoms with E-state index in [-0.39, 0.29) is 10.8 Å². The molecule has 0 N–H and O–H groups in total. The lowest BCUT2D eigenvalue weighted by molar-refractivity contribution is 0.309. The van der Waals surface area contributed by atoms with Gasteiger partial charge in [0, 0.05) is 21.9 Å². The first-order chi connectivity index (χ1) is 22.9. The average Bonchev–Trinajstić information content (AvgIpc) is 3.05. The second-order valence-corrected chi connectivity index (χ2v) is 15.7. The van der Waals surface area contributed by atoms with Crippen LogP contribution in [-0.2, 0) is 10.8 Å². The van der Waals surface area contributed by atoms with E-state index < -0.39 is 0 Å². The molecule has 0 atom stereocenters. The van der Waals surface area contributed by atoms with E-state index in [9.17, 15) is 0 Å². The summed E-state index contributed by atoms with van der Waals surface area (Å²) in [7, 11) is 0. The van der Waals surface area contributed by atoms with Crippen LogP contribution in [0.4, 0.5) is 0 Å². The lowest BCUT2D eigenvalue weighted by atomic mass is 9.80. The van der Waals surface area contributed by atoms with Crippen LogP contribution >= 0.6 is 0 Å². The Bertz CT molecular complexity index is 2400. The van der Waals surface area contributed by atoms with Gasteiger partial charge in [-0.1, -0.05) is 96.8 Å².